The molecule has 0 aliphatic rings. The summed E-state index contributed by atoms with van der Waals surface area (Å²) < 4.78 is 4.55. The monoisotopic (exact) mass is 195 g/mol. The fraction of sp³-hybridized carbons (Fsp3) is 0.300. The summed E-state index contributed by atoms with van der Waals surface area (Å²) >= 11 is 0. The van der Waals surface area contributed by atoms with E-state index in [4.69, 9.17) is 5.11 Å². The van der Waals surface area contributed by atoms with Crippen molar-refractivity contribution in [3.63, 3.8) is 0 Å². The highest BCUT2D eigenvalue weighted by Crippen LogP contribution is 2.16. The first-order valence-electron chi connectivity index (χ1n) is 4.27. The quantitative estimate of drug-likeness (QED) is 0.715. The number of carbonyl (C=O) groups excluding carboxylic acids is 1. The van der Waals surface area contributed by atoms with Gasteiger partial charge >= 0.3 is 5.97 Å². The van der Waals surface area contributed by atoms with Crippen molar-refractivity contribution < 1.29 is 14.6 Å². The Kier molecular flexibility index (Phi) is 3.34. The standard InChI is InChI=1S/C10H13NO3/c1-7(10(13)14-2)11-8-4-3-5-9(12)6-8/h3-7,11-12H,1-2H3. The molecule has 1 aromatic rings. The minimum absolute atomic E-state index is 0.159. The van der Waals surface area contributed by atoms with Crippen molar-refractivity contribution in [1.82, 2.24) is 0 Å². The maximum atomic E-state index is 11.1. The highest BCUT2D eigenvalue weighted by Gasteiger charge is 2.11. The molecule has 76 valence electrons. The Morgan fingerprint density at radius 2 is 2.29 bits per heavy atom. The lowest BCUT2D eigenvalue weighted by Crippen LogP contribution is -2.26. The molecule has 1 rings (SSSR count). The van der Waals surface area contributed by atoms with Gasteiger partial charge in [-0.2, -0.15) is 0 Å². The molecule has 0 saturated carbocycles. The molecule has 1 atom stereocenters. The van der Waals surface area contributed by atoms with E-state index in [1.807, 2.05) is 0 Å². The second-order valence-corrected chi connectivity index (χ2v) is 2.94. The lowest BCUT2D eigenvalue weighted by Gasteiger charge is -2.12. The SMILES string of the molecule is COC(=O)C(C)Nc1cccc(O)c1. The van der Waals surface area contributed by atoms with E-state index in [0.29, 0.717) is 5.69 Å². The maximum Gasteiger partial charge on any atom is 0.327 e. The van der Waals surface area contributed by atoms with Crippen molar-refractivity contribution >= 4 is 11.7 Å². The van der Waals surface area contributed by atoms with Gasteiger partial charge in [-0.3, -0.25) is 0 Å². The Bertz CT molecular complexity index is 325. The zero-order valence-electron chi connectivity index (χ0n) is 8.15. The largest absolute Gasteiger partial charge is 0.508 e. The van der Waals surface area contributed by atoms with Gasteiger partial charge in [0, 0.05) is 11.8 Å². The smallest absolute Gasteiger partial charge is 0.327 e. The number of esters is 1. The van der Waals surface area contributed by atoms with Crippen LogP contribution >= 0.6 is 0 Å². The summed E-state index contributed by atoms with van der Waals surface area (Å²) in [4.78, 5) is 11.1. The number of nitrogens with one attached hydrogen (secondary N) is 1. The van der Waals surface area contributed by atoms with Crippen molar-refractivity contribution in [3.05, 3.63) is 24.3 Å². The van der Waals surface area contributed by atoms with Crippen LogP contribution < -0.4 is 5.32 Å². The van der Waals surface area contributed by atoms with Crippen molar-refractivity contribution in [2.75, 3.05) is 12.4 Å². The number of anilines is 1. The van der Waals surface area contributed by atoms with Gasteiger partial charge in [0.15, 0.2) is 0 Å². The zero-order valence-corrected chi connectivity index (χ0v) is 8.15. The van der Waals surface area contributed by atoms with E-state index in [9.17, 15) is 4.79 Å². The number of hydrogen-bond acceptors (Lipinski definition) is 4. The molecule has 0 amide bonds. The third kappa shape index (κ3) is 2.65. The van der Waals surface area contributed by atoms with Crippen LogP contribution in [0.3, 0.4) is 0 Å². The summed E-state index contributed by atoms with van der Waals surface area (Å²) in [5.41, 5.74) is 0.683. The lowest BCUT2D eigenvalue weighted by molar-refractivity contribution is -0.141. The number of ether oxygens (including phenoxy) is 1. The van der Waals surface area contributed by atoms with Gasteiger partial charge in [-0.15, -0.1) is 0 Å². The molecular weight excluding hydrogens is 182 g/mol. The van der Waals surface area contributed by atoms with E-state index in [2.05, 4.69) is 10.1 Å². The molecule has 14 heavy (non-hydrogen) atoms. The van der Waals surface area contributed by atoms with E-state index in [1.54, 1.807) is 31.2 Å². The number of aromatic hydroxyl groups is 1. The average Bonchev–Trinajstić information content (AvgIpc) is 2.16. The first-order valence-corrected chi connectivity index (χ1v) is 4.27. The van der Waals surface area contributed by atoms with Crippen LogP contribution in [-0.4, -0.2) is 24.2 Å². The summed E-state index contributed by atoms with van der Waals surface area (Å²) in [7, 11) is 1.34. The summed E-state index contributed by atoms with van der Waals surface area (Å²) in [5, 5.41) is 12.1. The fourth-order valence-corrected chi connectivity index (χ4v) is 1.08. The Balaban J connectivity index is 2.64. The van der Waals surface area contributed by atoms with E-state index < -0.39 is 6.04 Å². The predicted molar refractivity (Wildman–Crippen MR) is 53.2 cm³/mol. The number of benzene rings is 1. The van der Waals surface area contributed by atoms with E-state index in [0.717, 1.165) is 0 Å². The van der Waals surface area contributed by atoms with Gasteiger partial charge in [0.2, 0.25) is 0 Å². The molecule has 1 aromatic carbocycles. The summed E-state index contributed by atoms with van der Waals surface area (Å²) in [5.74, 6) is -0.180. The molecule has 0 fully saturated rings. The van der Waals surface area contributed by atoms with Crippen molar-refractivity contribution in [2.45, 2.75) is 13.0 Å². The molecule has 4 nitrogen and oxygen atoms in total. The highest BCUT2D eigenvalue weighted by atomic mass is 16.5. The molecule has 0 aliphatic carbocycles. The van der Waals surface area contributed by atoms with Crippen LogP contribution in [0.2, 0.25) is 0 Å². The van der Waals surface area contributed by atoms with Gasteiger partial charge in [0.05, 0.1) is 7.11 Å². The van der Waals surface area contributed by atoms with Crippen molar-refractivity contribution in [1.29, 1.82) is 0 Å². The summed E-state index contributed by atoms with van der Waals surface area (Å²) in [6.45, 7) is 1.69. The van der Waals surface area contributed by atoms with E-state index in [-0.39, 0.29) is 11.7 Å². The molecular formula is C10H13NO3. The van der Waals surface area contributed by atoms with Crippen LogP contribution in [0.5, 0.6) is 5.75 Å². The molecule has 0 aliphatic heterocycles. The average molecular weight is 195 g/mol. The minimum atomic E-state index is -0.429. The third-order valence-electron chi connectivity index (χ3n) is 1.78. The molecule has 2 N–H and O–H groups in total. The predicted octanol–water partition coefficient (Wildman–Crippen LogP) is 1.37. The highest BCUT2D eigenvalue weighted by molar-refractivity contribution is 5.78. The molecule has 0 bridgehead atoms. The second-order valence-electron chi connectivity index (χ2n) is 2.94. The number of phenols is 1. The van der Waals surface area contributed by atoms with Gasteiger partial charge in [-0.05, 0) is 19.1 Å². The number of methoxy groups -OCH3 is 1. The van der Waals surface area contributed by atoms with Crippen LogP contribution in [0.4, 0.5) is 5.69 Å². The summed E-state index contributed by atoms with van der Waals surface area (Å²) in [6, 6.07) is 6.13. The third-order valence-corrected chi connectivity index (χ3v) is 1.78. The number of rotatable bonds is 3. The van der Waals surface area contributed by atoms with Gasteiger partial charge in [0.1, 0.15) is 11.8 Å². The number of phenolic OH excluding ortho intramolecular Hbond substituents is 1. The molecule has 4 heteroatoms. The van der Waals surface area contributed by atoms with Crippen LogP contribution in [-0.2, 0) is 9.53 Å². The molecule has 0 spiro atoms. The van der Waals surface area contributed by atoms with Gasteiger partial charge < -0.3 is 15.2 Å². The molecule has 1 unspecified atom stereocenters. The first-order chi connectivity index (χ1) is 6.63. The van der Waals surface area contributed by atoms with Crippen LogP contribution in [0.25, 0.3) is 0 Å². The van der Waals surface area contributed by atoms with Gasteiger partial charge in [-0.1, -0.05) is 6.07 Å². The van der Waals surface area contributed by atoms with Crippen LogP contribution in [0.1, 0.15) is 6.92 Å². The summed E-state index contributed by atoms with van der Waals surface area (Å²) in [6.07, 6.45) is 0. The molecule has 0 saturated heterocycles. The topological polar surface area (TPSA) is 58.6 Å². The molecule has 0 heterocycles. The zero-order chi connectivity index (χ0) is 10.6. The number of hydrogen-bond donors (Lipinski definition) is 2. The minimum Gasteiger partial charge on any atom is -0.508 e. The van der Waals surface area contributed by atoms with Crippen molar-refractivity contribution in [3.8, 4) is 5.75 Å². The molecule has 0 radical (unpaired) electrons. The first kappa shape index (κ1) is 10.4. The van der Waals surface area contributed by atoms with E-state index >= 15 is 0 Å². The Labute approximate surface area is 82.5 Å². The normalized spacial score (nSPS) is 11.9. The number of carbonyl (C=O) groups is 1. The van der Waals surface area contributed by atoms with Crippen molar-refractivity contribution in [2.24, 2.45) is 0 Å². The van der Waals surface area contributed by atoms with Crippen LogP contribution in [0, 0.1) is 0 Å². The Morgan fingerprint density at radius 3 is 2.86 bits per heavy atom. The molecule has 0 aromatic heterocycles. The van der Waals surface area contributed by atoms with Gasteiger partial charge in [-0.25, -0.2) is 4.79 Å². The van der Waals surface area contributed by atoms with Gasteiger partial charge in [0.25, 0.3) is 0 Å². The second kappa shape index (κ2) is 4.50. The fourth-order valence-electron chi connectivity index (χ4n) is 1.08. The Morgan fingerprint density at radius 1 is 1.57 bits per heavy atom. The van der Waals surface area contributed by atoms with E-state index in [1.165, 1.54) is 7.11 Å². The lowest BCUT2D eigenvalue weighted by atomic mass is 10.2. The Hall–Kier alpha value is -1.71. The maximum absolute atomic E-state index is 11.1. The van der Waals surface area contributed by atoms with Crippen LogP contribution in [0.15, 0.2) is 24.3 Å².